The predicted molar refractivity (Wildman–Crippen MR) is 135 cm³/mol. The Labute approximate surface area is 207 Å². The Morgan fingerprint density at radius 2 is 2.00 bits per heavy atom. The molecule has 192 valence electrons. The third kappa shape index (κ3) is 6.48. The minimum absolute atomic E-state index is 0.185. The minimum Gasteiger partial charge on any atom is -0.489 e. The molecule has 0 spiro atoms. The number of hydrogen-bond acceptors (Lipinski definition) is 7. The first-order chi connectivity index (χ1) is 16.7. The average Bonchev–Trinajstić information content (AvgIpc) is 2.82. The van der Waals surface area contributed by atoms with E-state index >= 15 is 0 Å². The molecule has 3 rings (SSSR count). The molecule has 7 N–H and O–H groups in total. The van der Waals surface area contributed by atoms with E-state index in [4.69, 9.17) is 16.2 Å². The second-order valence-corrected chi connectivity index (χ2v) is 9.57. The van der Waals surface area contributed by atoms with Gasteiger partial charge in [-0.3, -0.25) is 0 Å². The van der Waals surface area contributed by atoms with Crippen molar-refractivity contribution in [3.63, 3.8) is 0 Å². The smallest absolute Gasteiger partial charge is 0.316 e. The lowest BCUT2D eigenvalue weighted by Gasteiger charge is -2.37. The molecule has 2 amide bonds. The lowest BCUT2D eigenvalue weighted by atomic mass is 9.80. The standard InChI is InChI=1S/C26H39N5O4/c1-4-12-26(34,20-14-29-17(3)30-16(20)2)24(27)22(32)15-35-23-11-10-19(13-21(23)31-25(28)33)18-8-6-5-7-9-18/h10-11,13-14,18,22,24,32,34H,4-9,12,15,27H2,1-3H3,(H3,28,31,33). The average molecular weight is 486 g/mol. The van der Waals surface area contributed by atoms with E-state index < -0.39 is 23.8 Å². The number of ether oxygens (including phenoxy) is 1. The minimum atomic E-state index is -1.53. The van der Waals surface area contributed by atoms with Crippen LogP contribution in [0.15, 0.2) is 24.4 Å². The van der Waals surface area contributed by atoms with Crippen LogP contribution in [0.25, 0.3) is 0 Å². The Bertz CT molecular complexity index is 1010. The highest BCUT2D eigenvalue weighted by atomic mass is 16.5. The molecule has 1 aromatic heterocycles. The zero-order chi connectivity index (χ0) is 25.6. The maximum absolute atomic E-state index is 11.6. The summed E-state index contributed by atoms with van der Waals surface area (Å²) in [5.41, 5.74) is 12.9. The van der Waals surface area contributed by atoms with Gasteiger partial charge in [-0.25, -0.2) is 14.8 Å². The number of aliphatic hydroxyl groups excluding tert-OH is 1. The fourth-order valence-electron chi connectivity index (χ4n) is 5.06. The van der Waals surface area contributed by atoms with Crippen LogP contribution in [0.3, 0.4) is 0 Å². The van der Waals surface area contributed by atoms with Crippen molar-refractivity contribution in [3.8, 4) is 5.75 Å². The van der Waals surface area contributed by atoms with Crippen LogP contribution in [0.1, 0.15) is 80.4 Å². The summed E-state index contributed by atoms with van der Waals surface area (Å²) >= 11 is 0. The van der Waals surface area contributed by atoms with Crippen molar-refractivity contribution >= 4 is 11.7 Å². The summed E-state index contributed by atoms with van der Waals surface area (Å²) in [6, 6.07) is 3.91. The SMILES string of the molecule is CCCC(O)(c1cnc(C)nc1C)C(N)C(O)COc1ccc(C2CCCCC2)cc1NC(N)=O. The molecule has 0 aliphatic heterocycles. The Hall–Kier alpha value is -2.75. The predicted octanol–water partition coefficient (Wildman–Crippen LogP) is 3.39. The molecule has 0 bridgehead atoms. The van der Waals surface area contributed by atoms with Crippen molar-refractivity contribution in [3.05, 3.63) is 47.0 Å². The summed E-state index contributed by atoms with van der Waals surface area (Å²) in [7, 11) is 0. The third-order valence-corrected chi connectivity index (χ3v) is 6.91. The number of nitrogens with zero attached hydrogens (tertiary/aromatic N) is 2. The number of primary amides is 1. The highest BCUT2D eigenvalue weighted by molar-refractivity contribution is 5.89. The van der Waals surface area contributed by atoms with Crippen LogP contribution in [0, 0.1) is 13.8 Å². The van der Waals surface area contributed by atoms with Gasteiger partial charge in [0.15, 0.2) is 0 Å². The number of urea groups is 1. The number of hydrogen-bond donors (Lipinski definition) is 5. The maximum atomic E-state index is 11.6. The molecule has 3 unspecified atom stereocenters. The van der Waals surface area contributed by atoms with Crippen molar-refractivity contribution in [2.24, 2.45) is 11.5 Å². The molecule has 1 aromatic carbocycles. The summed E-state index contributed by atoms with van der Waals surface area (Å²) in [4.78, 5) is 20.2. The second kappa shape index (κ2) is 11.8. The maximum Gasteiger partial charge on any atom is 0.316 e. The van der Waals surface area contributed by atoms with Gasteiger partial charge in [0.25, 0.3) is 0 Å². The largest absolute Gasteiger partial charge is 0.489 e. The van der Waals surface area contributed by atoms with Crippen molar-refractivity contribution in [2.45, 2.75) is 89.4 Å². The summed E-state index contributed by atoms with van der Waals surface area (Å²) in [6.07, 6.45) is 7.19. The van der Waals surface area contributed by atoms with E-state index in [1.165, 1.54) is 19.3 Å². The number of aromatic nitrogens is 2. The highest BCUT2D eigenvalue weighted by Crippen LogP contribution is 2.37. The van der Waals surface area contributed by atoms with Gasteiger partial charge in [0.05, 0.1) is 11.7 Å². The quantitative estimate of drug-likeness (QED) is 0.345. The van der Waals surface area contributed by atoms with Crippen LogP contribution >= 0.6 is 0 Å². The third-order valence-electron chi connectivity index (χ3n) is 6.91. The monoisotopic (exact) mass is 485 g/mol. The van der Waals surface area contributed by atoms with Gasteiger partial charge >= 0.3 is 6.03 Å². The Balaban J connectivity index is 1.78. The van der Waals surface area contributed by atoms with Crippen LogP contribution in [-0.2, 0) is 5.60 Å². The summed E-state index contributed by atoms with van der Waals surface area (Å²) in [6.45, 7) is 5.31. The molecular formula is C26H39N5O4. The lowest BCUT2D eigenvalue weighted by molar-refractivity contribution is -0.0551. The zero-order valence-corrected chi connectivity index (χ0v) is 21.0. The van der Waals surface area contributed by atoms with Gasteiger partial charge in [0, 0.05) is 17.5 Å². The molecule has 3 atom stereocenters. The topological polar surface area (TPSA) is 157 Å². The first kappa shape index (κ1) is 26.8. The van der Waals surface area contributed by atoms with E-state index in [1.807, 2.05) is 19.1 Å². The number of aliphatic hydroxyl groups is 2. The van der Waals surface area contributed by atoms with Gasteiger partial charge in [-0.15, -0.1) is 0 Å². The van der Waals surface area contributed by atoms with Gasteiger partial charge < -0.3 is 31.7 Å². The summed E-state index contributed by atoms with van der Waals surface area (Å²) < 4.78 is 5.88. The van der Waals surface area contributed by atoms with E-state index in [-0.39, 0.29) is 6.61 Å². The number of nitrogens with two attached hydrogens (primary N) is 2. The fraction of sp³-hybridized carbons (Fsp3) is 0.577. The highest BCUT2D eigenvalue weighted by Gasteiger charge is 2.41. The Kier molecular flexibility index (Phi) is 9.04. The Morgan fingerprint density at radius 3 is 2.63 bits per heavy atom. The number of benzene rings is 1. The molecular weight excluding hydrogens is 446 g/mol. The fourth-order valence-corrected chi connectivity index (χ4v) is 5.06. The van der Waals surface area contributed by atoms with Crippen LogP contribution in [0.5, 0.6) is 5.75 Å². The number of rotatable bonds is 10. The van der Waals surface area contributed by atoms with Crippen LogP contribution in [-0.4, -0.2) is 45.0 Å². The van der Waals surface area contributed by atoms with Crippen molar-refractivity contribution in [2.75, 3.05) is 11.9 Å². The van der Waals surface area contributed by atoms with Crippen LogP contribution in [0.2, 0.25) is 0 Å². The number of aryl methyl sites for hydroxylation is 2. The van der Waals surface area contributed by atoms with Gasteiger partial charge in [0.2, 0.25) is 0 Å². The lowest BCUT2D eigenvalue weighted by Crippen LogP contribution is -2.54. The van der Waals surface area contributed by atoms with Gasteiger partial charge in [-0.1, -0.05) is 38.7 Å². The van der Waals surface area contributed by atoms with Gasteiger partial charge in [-0.2, -0.15) is 0 Å². The van der Waals surface area contributed by atoms with Crippen LogP contribution in [0.4, 0.5) is 10.5 Å². The number of nitrogens with one attached hydrogen (secondary N) is 1. The van der Waals surface area contributed by atoms with Crippen molar-refractivity contribution in [1.29, 1.82) is 0 Å². The van der Waals surface area contributed by atoms with Crippen LogP contribution < -0.4 is 21.5 Å². The van der Waals surface area contributed by atoms with Crippen molar-refractivity contribution < 1.29 is 19.7 Å². The number of carbonyl (C=O) groups excluding carboxylic acids is 1. The molecule has 9 nitrogen and oxygen atoms in total. The molecule has 1 aliphatic carbocycles. The molecule has 1 heterocycles. The van der Waals surface area contributed by atoms with E-state index in [2.05, 4.69) is 15.3 Å². The molecule has 1 saturated carbocycles. The molecule has 0 radical (unpaired) electrons. The molecule has 0 saturated heterocycles. The molecule has 35 heavy (non-hydrogen) atoms. The molecule has 9 heteroatoms. The van der Waals surface area contributed by atoms with E-state index in [9.17, 15) is 15.0 Å². The number of anilines is 1. The first-order valence-electron chi connectivity index (χ1n) is 12.5. The van der Waals surface area contributed by atoms with Gasteiger partial charge in [-0.05, 0) is 56.7 Å². The first-order valence-corrected chi connectivity index (χ1v) is 12.5. The molecule has 1 aliphatic rings. The molecule has 1 fully saturated rings. The molecule has 2 aromatic rings. The second-order valence-electron chi connectivity index (χ2n) is 9.57. The van der Waals surface area contributed by atoms with E-state index in [0.29, 0.717) is 47.3 Å². The van der Waals surface area contributed by atoms with E-state index in [0.717, 1.165) is 18.4 Å². The van der Waals surface area contributed by atoms with E-state index in [1.54, 1.807) is 26.1 Å². The number of amides is 2. The number of carbonyl (C=O) groups is 1. The Morgan fingerprint density at radius 1 is 1.29 bits per heavy atom. The normalized spacial score (nSPS) is 17.9. The summed E-state index contributed by atoms with van der Waals surface area (Å²) in [5.74, 6) is 1.41. The summed E-state index contributed by atoms with van der Waals surface area (Å²) in [5, 5.41) is 25.1. The zero-order valence-electron chi connectivity index (χ0n) is 21.0. The van der Waals surface area contributed by atoms with Crippen molar-refractivity contribution in [1.82, 2.24) is 9.97 Å². The van der Waals surface area contributed by atoms with Gasteiger partial charge in [0.1, 0.15) is 29.9 Å².